The van der Waals surface area contributed by atoms with Crippen molar-refractivity contribution >= 4 is 11.6 Å². The number of nitrogens with zero attached hydrogens (tertiary/aromatic N) is 1. The van der Waals surface area contributed by atoms with Crippen molar-refractivity contribution in [2.24, 2.45) is 5.41 Å². The monoisotopic (exact) mass is 438 g/mol. The molecule has 5 atom stereocenters. The van der Waals surface area contributed by atoms with Crippen LogP contribution in [0.25, 0.3) is 0 Å². The van der Waals surface area contributed by atoms with Crippen molar-refractivity contribution in [2.75, 3.05) is 12.4 Å². The molecule has 0 radical (unpaired) electrons. The lowest BCUT2D eigenvalue weighted by Gasteiger charge is -2.29. The minimum atomic E-state index is -4.83. The molecule has 5 rings (SSSR count). The number of aliphatic hydroxyl groups excluding tert-OH is 1. The van der Waals surface area contributed by atoms with E-state index in [2.05, 4.69) is 10.3 Å². The van der Waals surface area contributed by atoms with E-state index >= 15 is 0 Å². The third-order valence-corrected chi connectivity index (χ3v) is 6.78. The normalized spacial score (nSPS) is 33.2. The number of hydrogen-bond donors (Lipinski definition) is 2. The third kappa shape index (κ3) is 2.64. The average molecular weight is 438 g/mol. The quantitative estimate of drug-likeness (QED) is 0.718. The fourth-order valence-electron chi connectivity index (χ4n) is 5.40. The second-order valence-electron chi connectivity index (χ2n) is 8.20. The van der Waals surface area contributed by atoms with E-state index in [4.69, 9.17) is 9.47 Å². The first kappa shape index (κ1) is 20.2. The zero-order valence-corrected chi connectivity index (χ0v) is 16.2. The van der Waals surface area contributed by atoms with Gasteiger partial charge in [0.15, 0.2) is 0 Å². The van der Waals surface area contributed by atoms with E-state index < -0.39 is 52.6 Å². The van der Waals surface area contributed by atoms with Gasteiger partial charge in [-0.25, -0.2) is 9.37 Å². The number of aliphatic hydroxyl groups is 1. The van der Waals surface area contributed by atoms with E-state index in [0.717, 1.165) is 11.6 Å². The maximum Gasteiger partial charge on any atom is 0.419 e. The van der Waals surface area contributed by atoms with Crippen LogP contribution >= 0.6 is 0 Å². The fraction of sp³-hybridized carbons (Fsp3) is 0.429. The van der Waals surface area contributed by atoms with Crippen LogP contribution in [0.4, 0.5) is 23.2 Å². The zero-order valence-electron chi connectivity index (χ0n) is 16.2. The smallest absolute Gasteiger partial charge is 0.419 e. The Morgan fingerprint density at radius 1 is 1.32 bits per heavy atom. The van der Waals surface area contributed by atoms with Crippen LogP contribution in [0.1, 0.15) is 24.0 Å². The van der Waals surface area contributed by atoms with Crippen LogP contribution in [0.2, 0.25) is 0 Å². The second-order valence-corrected chi connectivity index (χ2v) is 8.20. The molecular formula is C21H18F4N2O4. The number of carbonyl (C=O) groups is 1. The van der Waals surface area contributed by atoms with Crippen LogP contribution in [-0.4, -0.2) is 41.4 Å². The Hall–Kier alpha value is -2.72. The lowest BCUT2D eigenvalue weighted by Crippen LogP contribution is -2.44. The summed E-state index contributed by atoms with van der Waals surface area (Å²) in [6.45, 7) is 0. The van der Waals surface area contributed by atoms with E-state index in [9.17, 15) is 27.5 Å². The van der Waals surface area contributed by atoms with Gasteiger partial charge in [0.1, 0.15) is 5.82 Å². The van der Waals surface area contributed by atoms with E-state index in [1.807, 2.05) is 0 Å². The molecule has 3 aliphatic rings. The van der Waals surface area contributed by atoms with Gasteiger partial charge in [0.05, 0.1) is 36.4 Å². The number of aromatic nitrogens is 1. The summed E-state index contributed by atoms with van der Waals surface area (Å²) in [6, 6.07) is 5.68. The van der Waals surface area contributed by atoms with Gasteiger partial charge in [0, 0.05) is 29.8 Å². The standard InChI is InChI=1S/C21H18F4N2O4/c1-30-16-6-10(4-5-26-16)19-9-20(19,15-8-14(28)17(19)31-15)18(29)27-11-2-3-12(13(22)7-11)21(23,24)25/h2-7,14-15,17,28H,8-9H2,1H3,(H,27,29). The predicted molar refractivity (Wildman–Crippen MR) is 98.8 cm³/mol. The number of hydrogen-bond acceptors (Lipinski definition) is 5. The highest BCUT2D eigenvalue weighted by Gasteiger charge is 2.87. The van der Waals surface area contributed by atoms with E-state index in [-0.39, 0.29) is 12.1 Å². The Morgan fingerprint density at radius 3 is 2.77 bits per heavy atom. The van der Waals surface area contributed by atoms with Crippen LogP contribution < -0.4 is 10.1 Å². The number of methoxy groups -OCH3 is 1. The van der Waals surface area contributed by atoms with Crippen molar-refractivity contribution < 1.29 is 36.9 Å². The van der Waals surface area contributed by atoms with Gasteiger partial charge in [0.2, 0.25) is 11.8 Å². The van der Waals surface area contributed by atoms with Gasteiger partial charge < -0.3 is 19.9 Å². The SMILES string of the molecule is COc1cc(C23CC2(C(=O)Nc2ccc(C(F)(F)F)c(F)c2)C2CC(O)C3O2)ccn1. The fourth-order valence-corrected chi connectivity index (χ4v) is 5.40. The first-order valence-electron chi connectivity index (χ1n) is 9.66. The molecule has 1 aliphatic carbocycles. The molecule has 1 amide bonds. The highest BCUT2D eigenvalue weighted by molar-refractivity contribution is 6.01. The van der Waals surface area contributed by atoms with Gasteiger partial charge in [-0.1, -0.05) is 0 Å². The van der Waals surface area contributed by atoms with Gasteiger partial charge in [-0.3, -0.25) is 4.79 Å². The highest BCUT2D eigenvalue weighted by Crippen LogP contribution is 2.77. The topological polar surface area (TPSA) is 80.7 Å². The molecule has 1 aromatic carbocycles. The predicted octanol–water partition coefficient (Wildman–Crippen LogP) is 3.05. The molecule has 31 heavy (non-hydrogen) atoms. The number of ether oxygens (including phenoxy) is 2. The van der Waals surface area contributed by atoms with Crippen LogP contribution in [0.15, 0.2) is 36.5 Å². The van der Waals surface area contributed by atoms with Crippen molar-refractivity contribution in [1.29, 1.82) is 0 Å². The molecule has 0 spiro atoms. The Morgan fingerprint density at radius 2 is 2.10 bits per heavy atom. The van der Waals surface area contributed by atoms with Gasteiger partial charge in [-0.2, -0.15) is 13.2 Å². The van der Waals surface area contributed by atoms with Crippen LogP contribution in [0.5, 0.6) is 5.88 Å². The summed E-state index contributed by atoms with van der Waals surface area (Å²) in [5.74, 6) is -1.61. The van der Waals surface area contributed by atoms with E-state index in [0.29, 0.717) is 24.4 Å². The molecule has 1 aromatic heterocycles. The summed E-state index contributed by atoms with van der Waals surface area (Å²) in [4.78, 5) is 17.4. The van der Waals surface area contributed by atoms with Crippen molar-refractivity contribution in [2.45, 2.75) is 42.7 Å². The summed E-state index contributed by atoms with van der Waals surface area (Å²) < 4.78 is 63.5. The lowest BCUT2D eigenvalue weighted by atomic mass is 9.74. The molecule has 2 aromatic rings. The number of carbonyl (C=O) groups excluding carboxylic acids is 1. The first-order valence-corrected chi connectivity index (χ1v) is 9.66. The van der Waals surface area contributed by atoms with Crippen LogP contribution in [-0.2, 0) is 21.1 Å². The Balaban J connectivity index is 1.48. The summed E-state index contributed by atoms with van der Waals surface area (Å²) in [7, 11) is 1.46. The molecule has 3 fully saturated rings. The third-order valence-electron chi connectivity index (χ3n) is 6.78. The molecule has 2 N–H and O–H groups in total. The summed E-state index contributed by atoms with van der Waals surface area (Å²) in [6.07, 6.45) is -4.57. The molecule has 164 valence electrons. The average Bonchev–Trinajstić information content (AvgIpc) is 3.20. The second kappa shape index (κ2) is 6.39. The first-order chi connectivity index (χ1) is 14.6. The molecule has 3 heterocycles. The molecule has 5 unspecified atom stereocenters. The number of amides is 1. The lowest BCUT2D eigenvalue weighted by molar-refractivity contribution is -0.140. The van der Waals surface area contributed by atoms with Crippen molar-refractivity contribution in [3.63, 3.8) is 0 Å². The van der Waals surface area contributed by atoms with Crippen molar-refractivity contribution in [3.8, 4) is 5.88 Å². The number of rotatable bonds is 4. The van der Waals surface area contributed by atoms with Gasteiger partial charge in [-0.15, -0.1) is 0 Å². The number of benzene rings is 1. The molecule has 1 saturated carbocycles. The largest absolute Gasteiger partial charge is 0.481 e. The zero-order chi connectivity index (χ0) is 22.2. The number of fused-ring (bicyclic) bond motifs is 5. The number of nitrogens with one attached hydrogen (secondary N) is 1. The summed E-state index contributed by atoms with van der Waals surface area (Å²) in [5.41, 5.74) is -2.61. The summed E-state index contributed by atoms with van der Waals surface area (Å²) >= 11 is 0. The van der Waals surface area contributed by atoms with Gasteiger partial charge in [-0.05, 0) is 36.2 Å². The number of anilines is 1. The summed E-state index contributed by atoms with van der Waals surface area (Å²) in [5, 5.41) is 13.0. The Kier molecular flexibility index (Phi) is 4.17. The Bertz CT molecular complexity index is 1080. The maximum atomic E-state index is 14.0. The van der Waals surface area contributed by atoms with Crippen molar-refractivity contribution in [3.05, 3.63) is 53.5 Å². The maximum absolute atomic E-state index is 14.0. The van der Waals surface area contributed by atoms with Gasteiger partial charge in [0.25, 0.3) is 0 Å². The molecule has 6 nitrogen and oxygen atoms in total. The Labute approximate surface area is 174 Å². The molecule has 2 bridgehead atoms. The minimum Gasteiger partial charge on any atom is -0.481 e. The van der Waals surface area contributed by atoms with E-state index in [1.54, 1.807) is 12.1 Å². The molecule has 2 aliphatic heterocycles. The highest BCUT2D eigenvalue weighted by atomic mass is 19.4. The number of halogens is 4. The van der Waals surface area contributed by atoms with Crippen LogP contribution in [0, 0.1) is 11.2 Å². The number of pyridine rings is 1. The molecule has 2 saturated heterocycles. The van der Waals surface area contributed by atoms with Crippen LogP contribution in [0.3, 0.4) is 0 Å². The molecular weight excluding hydrogens is 420 g/mol. The minimum absolute atomic E-state index is 0.0821. The van der Waals surface area contributed by atoms with E-state index in [1.165, 1.54) is 13.3 Å². The van der Waals surface area contributed by atoms with Crippen molar-refractivity contribution in [1.82, 2.24) is 4.98 Å². The molecule has 10 heteroatoms. The number of alkyl halides is 3. The van der Waals surface area contributed by atoms with Gasteiger partial charge >= 0.3 is 6.18 Å².